The Labute approximate surface area is 89.1 Å². The van der Waals surface area contributed by atoms with Crippen molar-refractivity contribution in [3.63, 3.8) is 0 Å². The summed E-state index contributed by atoms with van der Waals surface area (Å²) in [5.74, 6) is 0. The van der Waals surface area contributed by atoms with Gasteiger partial charge >= 0.3 is 0 Å². The zero-order valence-electron chi connectivity index (χ0n) is 10.1. The molecule has 1 rings (SSSR count). The van der Waals surface area contributed by atoms with Gasteiger partial charge in [-0.2, -0.15) is 0 Å². The lowest BCUT2D eigenvalue weighted by Gasteiger charge is -2.37. The minimum atomic E-state index is 0.664. The maximum absolute atomic E-state index is 3.35. The van der Waals surface area contributed by atoms with Crippen LogP contribution in [0.5, 0.6) is 0 Å². The molecule has 1 fully saturated rings. The fraction of sp³-hybridized carbons (Fsp3) is 1.00. The largest absolute Gasteiger partial charge is 0.317 e. The van der Waals surface area contributed by atoms with Gasteiger partial charge in [0.1, 0.15) is 0 Å². The third kappa shape index (κ3) is 3.58. The van der Waals surface area contributed by atoms with Crippen molar-refractivity contribution in [3.8, 4) is 0 Å². The van der Waals surface area contributed by atoms with Gasteiger partial charge in [0.05, 0.1) is 0 Å². The van der Waals surface area contributed by atoms with Crippen LogP contribution in [0.15, 0.2) is 0 Å². The zero-order valence-corrected chi connectivity index (χ0v) is 10.1. The van der Waals surface area contributed by atoms with Gasteiger partial charge in [0.2, 0.25) is 0 Å². The van der Waals surface area contributed by atoms with Crippen LogP contribution in [0.3, 0.4) is 0 Å². The number of nitrogens with zero attached hydrogens (tertiary/aromatic N) is 1. The summed E-state index contributed by atoms with van der Waals surface area (Å²) in [6.45, 7) is 7.20. The number of rotatable bonds is 5. The van der Waals surface area contributed by atoms with E-state index in [1.165, 1.54) is 45.2 Å². The van der Waals surface area contributed by atoms with Gasteiger partial charge in [0.15, 0.2) is 0 Å². The molecule has 0 spiro atoms. The molecule has 0 aromatic carbocycles. The topological polar surface area (TPSA) is 15.3 Å². The van der Waals surface area contributed by atoms with Crippen molar-refractivity contribution in [1.82, 2.24) is 10.2 Å². The summed E-state index contributed by atoms with van der Waals surface area (Å²) in [5, 5.41) is 3.35. The number of piperidine rings is 1. The first-order chi connectivity index (χ1) is 6.77. The maximum atomic E-state index is 3.35. The van der Waals surface area contributed by atoms with Crippen LogP contribution in [0.2, 0.25) is 0 Å². The van der Waals surface area contributed by atoms with Gasteiger partial charge in [0, 0.05) is 12.1 Å². The predicted molar refractivity (Wildman–Crippen MR) is 62.6 cm³/mol. The lowest BCUT2D eigenvalue weighted by molar-refractivity contribution is 0.133. The second kappa shape index (κ2) is 6.41. The van der Waals surface area contributed by atoms with Gasteiger partial charge < -0.3 is 10.2 Å². The molecule has 1 aliphatic heterocycles. The van der Waals surface area contributed by atoms with Crippen LogP contribution in [0, 0.1) is 0 Å². The monoisotopic (exact) mass is 198 g/mol. The first kappa shape index (κ1) is 12.0. The minimum absolute atomic E-state index is 0.664. The molecule has 0 amide bonds. The molecule has 84 valence electrons. The highest BCUT2D eigenvalue weighted by Crippen LogP contribution is 2.20. The summed E-state index contributed by atoms with van der Waals surface area (Å²) < 4.78 is 0. The predicted octanol–water partition coefficient (Wildman–Crippen LogP) is 2.25. The van der Waals surface area contributed by atoms with Crippen molar-refractivity contribution in [1.29, 1.82) is 0 Å². The van der Waals surface area contributed by atoms with E-state index in [1.807, 2.05) is 0 Å². The fourth-order valence-corrected chi connectivity index (χ4v) is 2.43. The van der Waals surface area contributed by atoms with Crippen molar-refractivity contribution in [3.05, 3.63) is 0 Å². The van der Waals surface area contributed by atoms with Gasteiger partial charge in [-0.25, -0.2) is 0 Å². The van der Waals surface area contributed by atoms with Crippen LogP contribution in [0.25, 0.3) is 0 Å². The molecule has 0 saturated carbocycles. The number of hydrogen-bond donors (Lipinski definition) is 1. The molecule has 1 heterocycles. The molecule has 0 aromatic rings. The van der Waals surface area contributed by atoms with Crippen molar-refractivity contribution in [2.45, 2.75) is 58.0 Å². The molecule has 1 N–H and O–H groups in total. The Kier molecular flexibility index (Phi) is 5.49. The number of nitrogens with one attached hydrogen (secondary N) is 1. The Bertz CT molecular complexity index is 145. The molecule has 1 saturated heterocycles. The number of hydrogen-bond acceptors (Lipinski definition) is 2. The Morgan fingerprint density at radius 1 is 1.43 bits per heavy atom. The van der Waals surface area contributed by atoms with E-state index in [9.17, 15) is 0 Å². The van der Waals surface area contributed by atoms with Gasteiger partial charge in [-0.3, -0.25) is 0 Å². The SMILES string of the molecule is CCCN1CCCCC1CC(C)NC. The summed E-state index contributed by atoms with van der Waals surface area (Å²) in [6, 6.07) is 1.50. The summed E-state index contributed by atoms with van der Waals surface area (Å²) in [5.41, 5.74) is 0. The molecular weight excluding hydrogens is 172 g/mol. The van der Waals surface area contributed by atoms with Crippen LogP contribution in [0.1, 0.15) is 46.0 Å². The van der Waals surface area contributed by atoms with E-state index >= 15 is 0 Å². The van der Waals surface area contributed by atoms with E-state index in [2.05, 4.69) is 31.1 Å². The second-order valence-corrected chi connectivity index (χ2v) is 4.61. The standard InChI is InChI=1S/C12H26N2/c1-4-8-14-9-6-5-7-12(14)10-11(2)13-3/h11-13H,4-10H2,1-3H3. The fourth-order valence-electron chi connectivity index (χ4n) is 2.43. The third-order valence-corrected chi connectivity index (χ3v) is 3.38. The molecule has 1 aliphatic rings. The molecule has 0 aliphatic carbocycles. The minimum Gasteiger partial charge on any atom is -0.317 e. The Morgan fingerprint density at radius 2 is 2.21 bits per heavy atom. The van der Waals surface area contributed by atoms with Crippen LogP contribution >= 0.6 is 0 Å². The summed E-state index contributed by atoms with van der Waals surface area (Å²) >= 11 is 0. The zero-order chi connectivity index (χ0) is 10.4. The second-order valence-electron chi connectivity index (χ2n) is 4.61. The quantitative estimate of drug-likeness (QED) is 0.729. The molecule has 0 aromatic heterocycles. The van der Waals surface area contributed by atoms with E-state index in [0.29, 0.717) is 6.04 Å². The maximum Gasteiger partial charge on any atom is 0.0110 e. The van der Waals surface area contributed by atoms with Gasteiger partial charge in [-0.15, -0.1) is 0 Å². The Hall–Kier alpha value is -0.0800. The molecule has 0 radical (unpaired) electrons. The highest BCUT2D eigenvalue weighted by molar-refractivity contribution is 4.79. The highest BCUT2D eigenvalue weighted by Gasteiger charge is 2.22. The van der Waals surface area contributed by atoms with Gasteiger partial charge in [0.25, 0.3) is 0 Å². The third-order valence-electron chi connectivity index (χ3n) is 3.38. The Morgan fingerprint density at radius 3 is 2.86 bits per heavy atom. The van der Waals surface area contributed by atoms with Crippen LogP contribution < -0.4 is 5.32 Å². The molecule has 14 heavy (non-hydrogen) atoms. The van der Waals surface area contributed by atoms with E-state index in [4.69, 9.17) is 0 Å². The highest BCUT2D eigenvalue weighted by atomic mass is 15.2. The lowest BCUT2D eigenvalue weighted by atomic mass is 9.96. The molecule has 0 bridgehead atoms. The van der Waals surface area contributed by atoms with Crippen LogP contribution in [-0.2, 0) is 0 Å². The van der Waals surface area contributed by atoms with Crippen LogP contribution in [-0.4, -0.2) is 37.1 Å². The van der Waals surface area contributed by atoms with Gasteiger partial charge in [-0.1, -0.05) is 13.3 Å². The van der Waals surface area contributed by atoms with Gasteiger partial charge in [-0.05, 0) is 52.7 Å². The van der Waals surface area contributed by atoms with Crippen LogP contribution in [0.4, 0.5) is 0 Å². The molecule has 2 nitrogen and oxygen atoms in total. The van der Waals surface area contributed by atoms with E-state index in [0.717, 1.165) is 6.04 Å². The summed E-state index contributed by atoms with van der Waals surface area (Å²) in [6.07, 6.45) is 6.86. The number of likely N-dealkylation sites (tertiary alicyclic amines) is 1. The summed E-state index contributed by atoms with van der Waals surface area (Å²) in [4.78, 5) is 2.69. The Balaban J connectivity index is 2.37. The van der Waals surface area contributed by atoms with Crippen molar-refractivity contribution < 1.29 is 0 Å². The summed E-state index contributed by atoms with van der Waals surface area (Å²) in [7, 11) is 2.07. The smallest absolute Gasteiger partial charge is 0.0110 e. The molecule has 2 heteroatoms. The van der Waals surface area contributed by atoms with E-state index in [1.54, 1.807) is 0 Å². The van der Waals surface area contributed by atoms with E-state index < -0.39 is 0 Å². The molecular formula is C12H26N2. The molecule has 2 unspecified atom stereocenters. The van der Waals surface area contributed by atoms with Crippen molar-refractivity contribution >= 4 is 0 Å². The van der Waals surface area contributed by atoms with Crippen molar-refractivity contribution in [2.75, 3.05) is 20.1 Å². The normalized spacial score (nSPS) is 26.4. The van der Waals surface area contributed by atoms with Crippen molar-refractivity contribution in [2.24, 2.45) is 0 Å². The average Bonchev–Trinajstić information content (AvgIpc) is 2.21. The first-order valence-electron chi connectivity index (χ1n) is 6.19. The first-order valence-corrected chi connectivity index (χ1v) is 6.19. The lowest BCUT2D eigenvalue weighted by Crippen LogP contribution is -2.43. The molecule has 2 atom stereocenters. The van der Waals surface area contributed by atoms with E-state index in [-0.39, 0.29) is 0 Å². The average molecular weight is 198 g/mol.